The zero-order valence-electron chi connectivity index (χ0n) is 22.8. The number of carbonyl (C=O) groups excluding carboxylic acids is 2. The van der Waals surface area contributed by atoms with Crippen LogP contribution in [0.4, 0.5) is 27.8 Å². The second-order valence-electron chi connectivity index (χ2n) is 11.7. The van der Waals surface area contributed by atoms with E-state index in [4.69, 9.17) is 0 Å². The number of carbonyl (C=O) groups is 2. The summed E-state index contributed by atoms with van der Waals surface area (Å²) in [5, 5.41) is 15.0. The number of nitrogens with one attached hydrogen (secondary N) is 2. The molecule has 2 aromatic rings. The maximum Gasteiger partial charge on any atom is 0.408 e. The van der Waals surface area contributed by atoms with Crippen LogP contribution in [0.1, 0.15) is 91.6 Å². The van der Waals surface area contributed by atoms with Crippen LogP contribution < -0.4 is 10.6 Å². The smallest absolute Gasteiger partial charge is 0.388 e. The molecule has 1 saturated carbocycles. The number of hydrogen-bond donors (Lipinski definition) is 3. The van der Waals surface area contributed by atoms with Crippen molar-refractivity contribution >= 4 is 29.0 Å². The van der Waals surface area contributed by atoms with E-state index in [9.17, 15) is 36.6 Å². The van der Waals surface area contributed by atoms with Crippen LogP contribution in [-0.2, 0) is 0 Å². The number of aliphatic hydroxyl groups is 1. The standard InChI is InChI=1S/C27H32F5N5O3S/c1-12(26(2,3)40)34-23(38)24-36-19(25(39)37-14-6-7-15(37)9-8-14)20(41-24)17-11-33-18(10-16(17)22(28)29)35-21(13-4-5-13)27(30,31)32/h10-15,21-22,40H,4-9H2,1-3H3,(H,33,35)(H,34,38)/t12-,14-,15+,21-/m0/s1. The molecule has 2 amide bonds. The van der Waals surface area contributed by atoms with Crippen molar-refractivity contribution in [3.8, 4) is 10.4 Å². The van der Waals surface area contributed by atoms with E-state index < -0.39 is 53.6 Å². The Balaban J connectivity index is 1.54. The Kier molecular flexibility index (Phi) is 7.77. The van der Waals surface area contributed by atoms with Gasteiger partial charge >= 0.3 is 6.18 Å². The fraction of sp³-hybridized carbons (Fsp3) is 0.630. The lowest BCUT2D eigenvalue weighted by Crippen LogP contribution is -2.47. The van der Waals surface area contributed by atoms with Gasteiger partial charge in [0.1, 0.15) is 17.6 Å². The molecule has 0 radical (unpaired) electrons. The van der Waals surface area contributed by atoms with E-state index in [1.165, 1.54) is 13.8 Å². The Morgan fingerprint density at radius 3 is 2.22 bits per heavy atom. The lowest BCUT2D eigenvalue weighted by atomic mass is 10.0. The highest BCUT2D eigenvalue weighted by Gasteiger charge is 2.49. The number of alkyl halides is 5. The minimum absolute atomic E-state index is 0.00414. The number of halogens is 5. The van der Waals surface area contributed by atoms with E-state index in [1.807, 2.05) is 0 Å². The summed E-state index contributed by atoms with van der Waals surface area (Å²) in [6, 6.07) is -1.76. The predicted molar refractivity (Wildman–Crippen MR) is 142 cm³/mol. The van der Waals surface area contributed by atoms with Crippen molar-refractivity contribution < 1.29 is 36.6 Å². The maximum atomic E-state index is 14.4. The summed E-state index contributed by atoms with van der Waals surface area (Å²) in [4.78, 5) is 36.8. The first-order chi connectivity index (χ1) is 19.1. The van der Waals surface area contributed by atoms with Crippen LogP contribution in [0.2, 0.25) is 0 Å². The Morgan fingerprint density at radius 1 is 1.10 bits per heavy atom. The van der Waals surface area contributed by atoms with Gasteiger partial charge in [-0.05, 0) is 71.3 Å². The van der Waals surface area contributed by atoms with Crippen molar-refractivity contribution in [1.82, 2.24) is 20.2 Å². The highest BCUT2D eigenvalue weighted by molar-refractivity contribution is 7.17. The largest absolute Gasteiger partial charge is 0.408 e. The third kappa shape index (κ3) is 6.04. The fourth-order valence-corrected chi connectivity index (χ4v) is 6.51. The molecule has 3 aliphatic rings. The van der Waals surface area contributed by atoms with E-state index in [-0.39, 0.29) is 39.0 Å². The molecule has 2 aromatic heterocycles. The van der Waals surface area contributed by atoms with Gasteiger partial charge in [0.2, 0.25) is 0 Å². The van der Waals surface area contributed by atoms with Gasteiger partial charge in [-0.1, -0.05) is 0 Å². The Hall–Kier alpha value is -2.87. The minimum Gasteiger partial charge on any atom is -0.388 e. The monoisotopic (exact) mass is 601 g/mol. The number of anilines is 1. The fourth-order valence-electron chi connectivity index (χ4n) is 5.52. The number of hydrogen-bond acceptors (Lipinski definition) is 7. The molecule has 2 saturated heterocycles. The number of fused-ring (bicyclic) bond motifs is 2. The van der Waals surface area contributed by atoms with Crippen molar-refractivity contribution in [3.63, 3.8) is 0 Å². The van der Waals surface area contributed by atoms with Crippen molar-refractivity contribution in [2.75, 3.05) is 5.32 Å². The zero-order valence-corrected chi connectivity index (χ0v) is 23.6. The number of nitrogens with zero attached hydrogens (tertiary/aromatic N) is 3. The Labute approximate surface area is 237 Å². The van der Waals surface area contributed by atoms with Crippen molar-refractivity contribution in [1.29, 1.82) is 0 Å². The van der Waals surface area contributed by atoms with Crippen molar-refractivity contribution in [2.45, 2.75) is 102 Å². The zero-order chi connectivity index (χ0) is 29.9. The molecular formula is C27H32F5N5O3S. The van der Waals surface area contributed by atoms with Crippen LogP contribution in [0.15, 0.2) is 12.3 Å². The first-order valence-electron chi connectivity index (χ1n) is 13.6. The van der Waals surface area contributed by atoms with Crippen LogP contribution in [-0.4, -0.2) is 67.7 Å². The van der Waals surface area contributed by atoms with Gasteiger partial charge in [0.25, 0.3) is 18.2 Å². The summed E-state index contributed by atoms with van der Waals surface area (Å²) in [7, 11) is 0. The van der Waals surface area contributed by atoms with Gasteiger partial charge in [0.15, 0.2) is 5.01 Å². The molecule has 0 unspecified atom stereocenters. The van der Waals surface area contributed by atoms with Gasteiger partial charge < -0.3 is 20.6 Å². The molecule has 14 heteroatoms. The van der Waals surface area contributed by atoms with Crippen LogP contribution >= 0.6 is 11.3 Å². The van der Waals surface area contributed by atoms with Gasteiger partial charge in [0, 0.05) is 29.4 Å². The number of thiazole rings is 1. The molecule has 0 spiro atoms. The predicted octanol–water partition coefficient (Wildman–Crippen LogP) is 5.55. The molecule has 4 heterocycles. The topological polar surface area (TPSA) is 107 Å². The molecule has 3 fully saturated rings. The normalized spacial score (nSPS) is 22.2. The van der Waals surface area contributed by atoms with Crippen LogP contribution in [0.5, 0.6) is 0 Å². The average Bonchev–Trinajstić information content (AvgIpc) is 3.31. The average molecular weight is 602 g/mol. The van der Waals surface area contributed by atoms with E-state index in [2.05, 4.69) is 20.6 Å². The lowest BCUT2D eigenvalue weighted by Gasteiger charge is -2.26. The number of pyridine rings is 1. The molecule has 0 aromatic carbocycles. The van der Waals surface area contributed by atoms with Gasteiger partial charge in [-0.2, -0.15) is 13.2 Å². The first-order valence-corrected chi connectivity index (χ1v) is 14.4. The molecule has 5 rings (SSSR count). The number of aromatic nitrogens is 2. The second kappa shape index (κ2) is 10.8. The summed E-state index contributed by atoms with van der Waals surface area (Å²) in [6.45, 7) is 4.60. The summed E-state index contributed by atoms with van der Waals surface area (Å²) >= 11 is 0.728. The Bertz CT molecular complexity index is 1300. The van der Waals surface area contributed by atoms with Crippen molar-refractivity contribution in [2.24, 2.45) is 5.92 Å². The third-order valence-corrected chi connectivity index (χ3v) is 9.37. The van der Waals surface area contributed by atoms with Crippen LogP contribution in [0, 0.1) is 5.92 Å². The summed E-state index contributed by atoms with van der Waals surface area (Å²) in [5.41, 5.74) is -2.25. The van der Waals surface area contributed by atoms with Gasteiger partial charge in [-0.25, -0.2) is 18.7 Å². The lowest BCUT2D eigenvalue weighted by molar-refractivity contribution is -0.146. The second-order valence-corrected chi connectivity index (χ2v) is 12.7. The van der Waals surface area contributed by atoms with Gasteiger partial charge in [0.05, 0.1) is 16.5 Å². The van der Waals surface area contributed by atoms with Gasteiger partial charge in [-0.3, -0.25) is 9.59 Å². The summed E-state index contributed by atoms with van der Waals surface area (Å²) in [5.74, 6) is -2.19. The molecule has 224 valence electrons. The minimum atomic E-state index is -4.58. The molecule has 2 aliphatic heterocycles. The van der Waals surface area contributed by atoms with Crippen LogP contribution in [0.3, 0.4) is 0 Å². The molecule has 2 atom stereocenters. The Morgan fingerprint density at radius 2 is 1.71 bits per heavy atom. The third-order valence-electron chi connectivity index (χ3n) is 8.28. The molecule has 8 nitrogen and oxygen atoms in total. The first kappa shape index (κ1) is 29.6. The highest BCUT2D eigenvalue weighted by atomic mass is 32.1. The van der Waals surface area contributed by atoms with E-state index in [0.29, 0.717) is 12.8 Å². The molecule has 41 heavy (non-hydrogen) atoms. The molecular weight excluding hydrogens is 569 g/mol. The van der Waals surface area contributed by atoms with E-state index >= 15 is 0 Å². The quantitative estimate of drug-likeness (QED) is 0.326. The summed E-state index contributed by atoms with van der Waals surface area (Å²) < 4.78 is 69.4. The maximum absolute atomic E-state index is 14.4. The molecule has 2 bridgehead atoms. The van der Waals surface area contributed by atoms with Gasteiger partial charge in [-0.15, -0.1) is 11.3 Å². The van der Waals surface area contributed by atoms with E-state index in [0.717, 1.165) is 49.3 Å². The van der Waals surface area contributed by atoms with Crippen molar-refractivity contribution in [3.05, 3.63) is 28.5 Å². The SMILES string of the molecule is C[C@H](NC(=O)c1nc(C(=O)N2[C@H]3CC[C@@H]2CC3)c(-c2cnc(N[C@@H](C3CC3)C(F)(F)F)cc2C(F)F)s1)C(C)(C)O. The summed E-state index contributed by atoms with van der Waals surface area (Å²) in [6.07, 6.45) is -2.67. The number of rotatable bonds is 9. The molecule has 3 N–H and O–H groups in total. The van der Waals surface area contributed by atoms with E-state index in [1.54, 1.807) is 11.8 Å². The highest BCUT2D eigenvalue weighted by Crippen LogP contribution is 2.44. The van der Waals surface area contributed by atoms with Crippen LogP contribution in [0.25, 0.3) is 10.4 Å². The molecule has 1 aliphatic carbocycles. The number of amides is 2.